The summed E-state index contributed by atoms with van der Waals surface area (Å²) in [5.74, 6) is 2.00. The normalized spacial score (nSPS) is 19.4. The van der Waals surface area contributed by atoms with E-state index < -0.39 is 0 Å². The second-order valence-corrected chi connectivity index (χ2v) is 8.10. The van der Waals surface area contributed by atoms with Crippen molar-refractivity contribution in [3.8, 4) is 11.4 Å². The summed E-state index contributed by atoms with van der Waals surface area (Å²) in [6.45, 7) is 2.33. The number of aromatic nitrogens is 3. The van der Waals surface area contributed by atoms with E-state index in [-0.39, 0.29) is 12.0 Å². The molecule has 1 saturated heterocycles. The van der Waals surface area contributed by atoms with Gasteiger partial charge >= 0.3 is 0 Å². The monoisotopic (exact) mass is 383 g/mol. The van der Waals surface area contributed by atoms with Gasteiger partial charge in [0.25, 0.3) is 5.91 Å². The first kappa shape index (κ1) is 18.9. The lowest BCUT2D eigenvalue weighted by molar-refractivity contribution is 0.0448. The Morgan fingerprint density at radius 3 is 2.71 bits per heavy atom. The number of amides is 1. The highest BCUT2D eigenvalue weighted by Crippen LogP contribution is 2.29. The molecule has 28 heavy (non-hydrogen) atoms. The molecular weight excluding hydrogens is 354 g/mol. The average molecular weight is 383 g/mol. The molecule has 2 heterocycles. The molecule has 4 rings (SSSR count). The van der Waals surface area contributed by atoms with Crippen LogP contribution in [0.5, 0.6) is 0 Å². The zero-order valence-corrected chi connectivity index (χ0v) is 16.7. The van der Waals surface area contributed by atoms with Crippen LogP contribution in [-0.2, 0) is 4.74 Å². The van der Waals surface area contributed by atoms with Crippen molar-refractivity contribution in [2.24, 2.45) is 5.92 Å². The van der Waals surface area contributed by atoms with Crippen molar-refractivity contribution in [2.75, 3.05) is 38.7 Å². The molecule has 2 fully saturated rings. The summed E-state index contributed by atoms with van der Waals surface area (Å²) < 4.78 is 5.80. The zero-order valence-electron chi connectivity index (χ0n) is 16.7. The maximum Gasteiger partial charge on any atom is 0.253 e. The predicted octanol–water partition coefficient (Wildman–Crippen LogP) is 2.96. The number of carbonyl (C=O) groups excluding carboxylic acids is 1. The zero-order chi connectivity index (χ0) is 19.5. The molecule has 1 aliphatic carbocycles. The molecule has 2 aromatic rings. The van der Waals surface area contributed by atoms with Crippen molar-refractivity contribution >= 4 is 11.9 Å². The van der Waals surface area contributed by atoms with Gasteiger partial charge in [0, 0.05) is 44.9 Å². The van der Waals surface area contributed by atoms with Crippen molar-refractivity contribution < 1.29 is 9.53 Å². The van der Waals surface area contributed by atoms with Crippen LogP contribution in [0.15, 0.2) is 24.3 Å². The molecule has 1 atom stereocenters. The maximum absolute atomic E-state index is 13.3. The third kappa shape index (κ3) is 4.19. The van der Waals surface area contributed by atoms with E-state index >= 15 is 0 Å². The number of aromatic amines is 1. The number of H-pyrrole nitrogens is 1. The van der Waals surface area contributed by atoms with Gasteiger partial charge in [0.2, 0.25) is 5.95 Å². The van der Waals surface area contributed by atoms with Gasteiger partial charge in [0.15, 0.2) is 5.82 Å². The molecule has 2 aliphatic rings. The van der Waals surface area contributed by atoms with Crippen LogP contribution in [-0.4, -0.2) is 65.9 Å². The number of hydrogen-bond acceptors (Lipinski definition) is 5. The van der Waals surface area contributed by atoms with Gasteiger partial charge in [-0.15, -0.1) is 5.10 Å². The van der Waals surface area contributed by atoms with Crippen LogP contribution >= 0.6 is 0 Å². The number of hydrogen-bond donors (Lipinski definition) is 1. The van der Waals surface area contributed by atoms with Gasteiger partial charge in [0.05, 0.1) is 6.10 Å². The largest absolute Gasteiger partial charge is 0.376 e. The van der Waals surface area contributed by atoms with E-state index in [1.165, 1.54) is 19.3 Å². The Bertz CT molecular complexity index is 809. The molecule has 150 valence electrons. The van der Waals surface area contributed by atoms with Crippen molar-refractivity contribution in [2.45, 2.75) is 38.2 Å². The highest BCUT2D eigenvalue weighted by molar-refractivity contribution is 5.95. The molecule has 0 bridgehead atoms. The van der Waals surface area contributed by atoms with Crippen LogP contribution in [0.3, 0.4) is 0 Å². The maximum atomic E-state index is 13.3. The fourth-order valence-corrected chi connectivity index (χ4v) is 3.83. The summed E-state index contributed by atoms with van der Waals surface area (Å²) in [6, 6.07) is 7.66. The van der Waals surface area contributed by atoms with E-state index in [1.807, 2.05) is 48.2 Å². The van der Waals surface area contributed by atoms with Gasteiger partial charge < -0.3 is 14.5 Å². The van der Waals surface area contributed by atoms with Crippen molar-refractivity contribution in [1.82, 2.24) is 20.1 Å². The second-order valence-electron chi connectivity index (χ2n) is 8.10. The minimum atomic E-state index is 0.0802. The first-order chi connectivity index (χ1) is 13.6. The molecule has 1 aliphatic heterocycles. The quantitative estimate of drug-likeness (QED) is 0.796. The summed E-state index contributed by atoms with van der Waals surface area (Å²) in [6.07, 6.45) is 6.03. The van der Waals surface area contributed by atoms with E-state index in [0.29, 0.717) is 29.8 Å². The van der Waals surface area contributed by atoms with E-state index in [9.17, 15) is 4.79 Å². The van der Waals surface area contributed by atoms with Crippen molar-refractivity contribution in [3.05, 3.63) is 29.8 Å². The minimum absolute atomic E-state index is 0.0802. The second kappa shape index (κ2) is 8.31. The summed E-state index contributed by atoms with van der Waals surface area (Å²) in [4.78, 5) is 21.7. The highest BCUT2D eigenvalue weighted by Gasteiger charge is 2.28. The van der Waals surface area contributed by atoms with Gasteiger partial charge in [0.1, 0.15) is 0 Å². The van der Waals surface area contributed by atoms with Crippen LogP contribution < -0.4 is 4.90 Å². The number of rotatable bonds is 7. The Labute approximate surface area is 166 Å². The molecular formula is C21H29N5O2. The topological polar surface area (TPSA) is 74.4 Å². The van der Waals surface area contributed by atoms with E-state index in [0.717, 1.165) is 31.6 Å². The van der Waals surface area contributed by atoms with E-state index in [1.54, 1.807) is 0 Å². The fourth-order valence-electron chi connectivity index (χ4n) is 3.83. The van der Waals surface area contributed by atoms with Gasteiger partial charge in [-0.05, 0) is 43.7 Å². The molecule has 7 heteroatoms. The molecule has 0 radical (unpaired) electrons. The molecule has 1 aromatic carbocycles. The highest BCUT2D eigenvalue weighted by atomic mass is 16.5. The first-order valence-corrected chi connectivity index (χ1v) is 10.2. The average Bonchev–Trinajstić information content (AvgIpc) is 3.35. The summed E-state index contributed by atoms with van der Waals surface area (Å²) in [5.41, 5.74) is 1.56. The van der Waals surface area contributed by atoms with Crippen molar-refractivity contribution in [1.29, 1.82) is 0 Å². The Morgan fingerprint density at radius 1 is 1.21 bits per heavy atom. The molecule has 1 aromatic heterocycles. The Balaban J connectivity index is 1.53. The van der Waals surface area contributed by atoms with Crippen LogP contribution in [0.2, 0.25) is 0 Å². The van der Waals surface area contributed by atoms with Crippen LogP contribution in [0.1, 0.15) is 42.5 Å². The number of anilines is 1. The molecule has 1 amide bonds. The van der Waals surface area contributed by atoms with Gasteiger partial charge in [-0.3, -0.25) is 9.89 Å². The molecule has 0 unspecified atom stereocenters. The van der Waals surface area contributed by atoms with Gasteiger partial charge in [-0.25, -0.2) is 0 Å². The number of ether oxygens (including phenoxy) is 1. The Kier molecular flexibility index (Phi) is 5.62. The SMILES string of the molecule is CN(C)c1n[nH]c(-c2cccc(C(=O)N(CC3CCC3)C[C@@H]3CCCO3)c2)n1. The van der Waals surface area contributed by atoms with Crippen LogP contribution in [0, 0.1) is 5.92 Å². The molecule has 0 spiro atoms. The van der Waals surface area contributed by atoms with Crippen LogP contribution in [0.25, 0.3) is 11.4 Å². The number of benzene rings is 1. The van der Waals surface area contributed by atoms with Crippen LogP contribution in [0.4, 0.5) is 5.95 Å². The van der Waals surface area contributed by atoms with Crippen molar-refractivity contribution in [3.63, 3.8) is 0 Å². The standard InChI is InChI=1S/C21H29N5O2/c1-25(2)21-22-19(23-24-21)16-8-4-9-17(12-16)20(27)26(13-15-6-3-7-15)14-18-10-5-11-28-18/h4,8-9,12,15,18H,3,5-7,10-11,13-14H2,1-2H3,(H,22,23,24)/t18-/m0/s1. The van der Waals surface area contributed by atoms with Gasteiger partial charge in [-0.1, -0.05) is 18.6 Å². The summed E-state index contributed by atoms with van der Waals surface area (Å²) >= 11 is 0. The lowest BCUT2D eigenvalue weighted by Crippen LogP contribution is -2.41. The van der Waals surface area contributed by atoms with Gasteiger partial charge in [-0.2, -0.15) is 4.98 Å². The summed E-state index contributed by atoms with van der Waals surface area (Å²) in [7, 11) is 3.80. The van der Waals surface area contributed by atoms with E-state index in [4.69, 9.17) is 4.74 Å². The van der Waals surface area contributed by atoms with E-state index in [2.05, 4.69) is 15.2 Å². The Morgan fingerprint density at radius 2 is 2.07 bits per heavy atom. The minimum Gasteiger partial charge on any atom is -0.376 e. The predicted molar refractivity (Wildman–Crippen MR) is 108 cm³/mol. The summed E-state index contributed by atoms with van der Waals surface area (Å²) in [5, 5.41) is 7.17. The number of nitrogens with one attached hydrogen (secondary N) is 1. The third-order valence-electron chi connectivity index (χ3n) is 5.70. The lowest BCUT2D eigenvalue weighted by atomic mass is 9.85. The molecule has 1 saturated carbocycles. The number of carbonyl (C=O) groups is 1. The number of nitrogens with zero attached hydrogens (tertiary/aromatic N) is 4. The lowest BCUT2D eigenvalue weighted by Gasteiger charge is -2.33. The smallest absolute Gasteiger partial charge is 0.253 e. The molecule has 7 nitrogen and oxygen atoms in total. The first-order valence-electron chi connectivity index (χ1n) is 10.2. The fraction of sp³-hybridized carbons (Fsp3) is 0.571. The third-order valence-corrected chi connectivity index (χ3v) is 5.70. The Hall–Kier alpha value is -2.41. The molecule has 1 N–H and O–H groups in total.